The van der Waals surface area contributed by atoms with Gasteiger partial charge in [0.2, 0.25) is 0 Å². The summed E-state index contributed by atoms with van der Waals surface area (Å²) in [6, 6.07) is 6.74. The van der Waals surface area contributed by atoms with Crippen LogP contribution in [0.2, 0.25) is 0 Å². The first-order valence-electron chi connectivity index (χ1n) is 11.5. The van der Waals surface area contributed by atoms with Crippen molar-refractivity contribution in [2.24, 2.45) is 11.8 Å². The van der Waals surface area contributed by atoms with Crippen LogP contribution in [0.1, 0.15) is 49.0 Å². The predicted molar refractivity (Wildman–Crippen MR) is 115 cm³/mol. The van der Waals surface area contributed by atoms with E-state index in [1.54, 1.807) is 12.4 Å². The van der Waals surface area contributed by atoms with E-state index in [-0.39, 0.29) is 11.9 Å². The largest absolute Gasteiger partial charge is 0.330 e. The molecule has 6 rings (SSSR count). The van der Waals surface area contributed by atoms with Crippen molar-refractivity contribution in [3.8, 4) is 11.3 Å². The second-order valence-corrected chi connectivity index (χ2v) is 9.41. The summed E-state index contributed by atoms with van der Waals surface area (Å²) in [4.78, 5) is 22.6. The Morgan fingerprint density at radius 3 is 3.07 bits per heavy atom. The molecule has 0 radical (unpaired) electrons. The molecule has 4 unspecified atom stereocenters. The number of amides is 1. The molecule has 2 aromatic rings. The van der Waals surface area contributed by atoms with Crippen LogP contribution < -0.4 is 0 Å². The summed E-state index contributed by atoms with van der Waals surface area (Å²) in [5.41, 5.74) is 3.81. The number of nitrogens with one attached hydrogen (secondary N) is 1. The highest BCUT2D eigenvalue weighted by atomic mass is 16.2. The molecule has 2 aromatic heterocycles. The Morgan fingerprint density at radius 1 is 1.20 bits per heavy atom. The first-order chi connectivity index (χ1) is 14.8. The molecular weight excluding hydrogens is 374 g/mol. The number of piperidine rings is 3. The molecular formula is C24H29N5O. The number of rotatable bonds is 2. The number of H-pyrrole nitrogens is 1. The fraction of sp³-hybridized carbons (Fsp3) is 0.542. The number of hydrogen-bond acceptors (Lipinski definition) is 4. The molecule has 0 saturated carbocycles. The summed E-state index contributed by atoms with van der Waals surface area (Å²) in [6.45, 7) is 3.22. The molecule has 1 amide bonds. The van der Waals surface area contributed by atoms with E-state index in [0.29, 0.717) is 17.5 Å². The lowest BCUT2D eigenvalue weighted by molar-refractivity contribution is 0.00131. The number of carbonyl (C=O) groups is 1. The Hall–Kier alpha value is -2.47. The van der Waals surface area contributed by atoms with Gasteiger partial charge in [-0.25, -0.2) is 0 Å². The fourth-order valence-electron chi connectivity index (χ4n) is 6.45. The molecule has 6 heteroatoms. The van der Waals surface area contributed by atoms with Crippen LogP contribution in [0.5, 0.6) is 0 Å². The van der Waals surface area contributed by atoms with Gasteiger partial charge in [0.05, 0.1) is 11.7 Å². The van der Waals surface area contributed by atoms with Gasteiger partial charge in [-0.3, -0.25) is 19.8 Å². The minimum atomic E-state index is 0.0902. The summed E-state index contributed by atoms with van der Waals surface area (Å²) in [5, 5.41) is 7.39. The molecule has 0 spiro atoms. The number of likely N-dealkylation sites (tertiary alicyclic amines) is 1. The molecule has 5 heterocycles. The molecule has 3 fully saturated rings. The molecule has 1 N–H and O–H groups in total. The van der Waals surface area contributed by atoms with Gasteiger partial charge in [-0.15, -0.1) is 0 Å². The van der Waals surface area contributed by atoms with Gasteiger partial charge in [0.1, 0.15) is 5.69 Å². The van der Waals surface area contributed by atoms with Crippen molar-refractivity contribution in [1.29, 1.82) is 0 Å². The van der Waals surface area contributed by atoms with Crippen molar-refractivity contribution in [2.75, 3.05) is 19.6 Å². The quantitative estimate of drug-likeness (QED) is 0.780. The summed E-state index contributed by atoms with van der Waals surface area (Å²) in [5.74, 6) is 1.34. The van der Waals surface area contributed by atoms with Gasteiger partial charge in [-0.2, -0.15) is 5.10 Å². The molecule has 4 atom stereocenters. The van der Waals surface area contributed by atoms with Crippen LogP contribution in [0.4, 0.5) is 0 Å². The van der Waals surface area contributed by atoms with E-state index >= 15 is 0 Å². The Kier molecular flexibility index (Phi) is 4.48. The SMILES string of the molecule is O=C(c1cc(-c2cccnc2)n[nH]1)N1CCCC2=CC3CC(CN4CCCCC34)C21. The maximum atomic E-state index is 13.5. The average molecular weight is 404 g/mol. The maximum Gasteiger partial charge on any atom is 0.272 e. The molecule has 2 bridgehead atoms. The summed E-state index contributed by atoms with van der Waals surface area (Å²) in [7, 11) is 0. The topological polar surface area (TPSA) is 65.1 Å². The van der Waals surface area contributed by atoms with Gasteiger partial charge in [0, 0.05) is 37.1 Å². The molecule has 0 aromatic carbocycles. The molecule has 4 aliphatic rings. The van der Waals surface area contributed by atoms with E-state index in [1.165, 1.54) is 37.8 Å². The second kappa shape index (κ2) is 7.34. The summed E-state index contributed by atoms with van der Waals surface area (Å²) >= 11 is 0. The highest BCUT2D eigenvalue weighted by molar-refractivity contribution is 5.94. The van der Waals surface area contributed by atoms with Crippen molar-refractivity contribution in [2.45, 2.75) is 50.6 Å². The highest BCUT2D eigenvalue weighted by Crippen LogP contribution is 2.45. The number of fused-ring (bicyclic) bond motifs is 6. The smallest absolute Gasteiger partial charge is 0.272 e. The molecule has 30 heavy (non-hydrogen) atoms. The fourth-order valence-corrected chi connectivity index (χ4v) is 6.45. The Balaban J connectivity index is 1.28. The minimum absolute atomic E-state index is 0.0902. The normalized spacial score (nSPS) is 30.9. The number of aromatic nitrogens is 3. The Morgan fingerprint density at radius 2 is 2.17 bits per heavy atom. The van der Waals surface area contributed by atoms with Crippen LogP contribution >= 0.6 is 0 Å². The maximum absolute atomic E-state index is 13.5. The minimum Gasteiger partial charge on any atom is -0.330 e. The standard InChI is InChI=1S/C24H29N5O/c30-24(21-13-20(26-27-21)17-5-3-8-25-14-17)29-10-4-6-16-11-18-12-19(23(16)29)15-28-9-2-1-7-22(18)28/h3,5,8,11,13-14,18-19,22-23H,1-2,4,6-7,9-10,12,15H2,(H,26,27). The van der Waals surface area contributed by atoms with E-state index in [9.17, 15) is 4.79 Å². The van der Waals surface area contributed by atoms with Gasteiger partial charge in [-0.1, -0.05) is 18.1 Å². The predicted octanol–water partition coefficient (Wildman–Crippen LogP) is 3.51. The Bertz CT molecular complexity index is 967. The van der Waals surface area contributed by atoms with Crippen LogP contribution in [0.3, 0.4) is 0 Å². The van der Waals surface area contributed by atoms with Gasteiger partial charge in [0.25, 0.3) is 5.91 Å². The summed E-state index contributed by atoms with van der Waals surface area (Å²) in [6.07, 6.45) is 13.6. The van der Waals surface area contributed by atoms with E-state index in [2.05, 4.69) is 31.1 Å². The van der Waals surface area contributed by atoms with Crippen LogP contribution in [0, 0.1) is 11.8 Å². The lowest BCUT2D eigenvalue weighted by atomic mass is 9.68. The van der Waals surface area contributed by atoms with Crippen molar-refractivity contribution < 1.29 is 4.79 Å². The molecule has 1 aliphatic carbocycles. The van der Waals surface area contributed by atoms with Crippen LogP contribution in [-0.2, 0) is 0 Å². The number of pyridine rings is 1. The number of aromatic amines is 1. The van der Waals surface area contributed by atoms with E-state index in [4.69, 9.17) is 0 Å². The van der Waals surface area contributed by atoms with Gasteiger partial charge in [0.15, 0.2) is 0 Å². The van der Waals surface area contributed by atoms with E-state index < -0.39 is 0 Å². The van der Waals surface area contributed by atoms with Gasteiger partial charge < -0.3 is 4.90 Å². The molecule has 6 nitrogen and oxygen atoms in total. The van der Waals surface area contributed by atoms with Crippen LogP contribution in [0.15, 0.2) is 42.2 Å². The van der Waals surface area contributed by atoms with Gasteiger partial charge in [-0.05, 0) is 68.7 Å². The lowest BCUT2D eigenvalue weighted by Gasteiger charge is -2.54. The number of hydrogen-bond donors (Lipinski definition) is 1. The molecule has 156 valence electrons. The molecule has 3 aliphatic heterocycles. The Labute approximate surface area is 177 Å². The highest BCUT2D eigenvalue weighted by Gasteiger charge is 2.47. The zero-order valence-electron chi connectivity index (χ0n) is 17.3. The molecule has 3 saturated heterocycles. The monoisotopic (exact) mass is 403 g/mol. The van der Waals surface area contributed by atoms with Crippen molar-refractivity contribution >= 4 is 5.91 Å². The van der Waals surface area contributed by atoms with Crippen LogP contribution in [-0.4, -0.2) is 62.6 Å². The first kappa shape index (κ1) is 18.3. The zero-order valence-corrected chi connectivity index (χ0v) is 17.3. The number of nitrogens with zero attached hydrogens (tertiary/aromatic N) is 4. The van der Waals surface area contributed by atoms with Crippen molar-refractivity contribution in [3.63, 3.8) is 0 Å². The lowest BCUT2D eigenvalue weighted by Crippen LogP contribution is -2.60. The third kappa shape index (κ3) is 3.00. The van der Waals surface area contributed by atoms with E-state index in [1.807, 2.05) is 18.2 Å². The third-order valence-electron chi connectivity index (χ3n) is 7.68. The average Bonchev–Trinajstić information content (AvgIpc) is 3.29. The second-order valence-electron chi connectivity index (χ2n) is 9.41. The van der Waals surface area contributed by atoms with Gasteiger partial charge >= 0.3 is 0 Å². The van der Waals surface area contributed by atoms with Crippen LogP contribution in [0.25, 0.3) is 11.3 Å². The third-order valence-corrected chi connectivity index (χ3v) is 7.68. The first-order valence-corrected chi connectivity index (χ1v) is 11.5. The zero-order chi connectivity index (χ0) is 20.1. The van der Waals surface area contributed by atoms with Crippen molar-refractivity contribution in [3.05, 3.63) is 47.9 Å². The van der Waals surface area contributed by atoms with E-state index in [0.717, 1.165) is 43.2 Å². The number of carbonyl (C=O) groups excluding carboxylic acids is 1. The summed E-state index contributed by atoms with van der Waals surface area (Å²) < 4.78 is 0. The van der Waals surface area contributed by atoms with Crippen molar-refractivity contribution in [1.82, 2.24) is 25.0 Å².